The van der Waals surface area contributed by atoms with E-state index in [1.165, 1.54) is 0 Å². The van der Waals surface area contributed by atoms with Gasteiger partial charge in [-0.3, -0.25) is 0 Å². The van der Waals surface area contributed by atoms with Crippen molar-refractivity contribution in [1.82, 2.24) is 30.7 Å². The molecule has 1 aromatic rings. The normalized spacial score (nSPS) is 13.8. The number of H-pyrrole nitrogens is 1. The van der Waals surface area contributed by atoms with Gasteiger partial charge in [-0.1, -0.05) is 12.1 Å². The van der Waals surface area contributed by atoms with Crippen LogP contribution in [0.4, 0.5) is 0 Å². The Morgan fingerprint density at radius 3 is 2.82 bits per heavy atom. The Morgan fingerprint density at radius 1 is 1.47 bits per heavy atom. The van der Waals surface area contributed by atoms with E-state index >= 15 is 0 Å². The fraction of sp³-hybridized carbons (Fsp3) is 0.875. The van der Waals surface area contributed by atoms with E-state index < -0.39 is 16.1 Å². The van der Waals surface area contributed by atoms with Gasteiger partial charge in [-0.25, -0.2) is 13.1 Å². The van der Waals surface area contributed by atoms with Crippen molar-refractivity contribution in [2.75, 3.05) is 18.8 Å². The first kappa shape index (κ1) is 14.0. The van der Waals surface area contributed by atoms with E-state index in [0.717, 1.165) is 6.54 Å². The topological polar surface area (TPSA) is 113 Å². The van der Waals surface area contributed by atoms with Crippen LogP contribution in [0.5, 0.6) is 0 Å². The molecule has 17 heavy (non-hydrogen) atoms. The third-order valence-corrected chi connectivity index (χ3v) is 3.66. The largest absolute Gasteiger partial charge is 0.317 e. The fourth-order valence-electron chi connectivity index (χ4n) is 1.30. The second kappa shape index (κ2) is 6.62. The molecule has 1 heterocycles. The minimum atomic E-state index is -3.30. The van der Waals surface area contributed by atoms with E-state index in [1.54, 1.807) is 6.92 Å². The van der Waals surface area contributed by atoms with Gasteiger partial charge in [-0.05, 0) is 26.4 Å². The predicted molar refractivity (Wildman–Crippen MR) is 62.7 cm³/mol. The summed E-state index contributed by atoms with van der Waals surface area (Å²) in [7, 11) is -3.30. The maximum Gasteiger partial charge on any atom is 0.212 e. The van der Waals surface area contributed by atoms with Gasteiger partial charge in [0.05, 0.1) is 11.8 Å². The Morgan fingerprint density at radius 2 is 2.24 bits per heavy atom. The zero-order valence-corrected chi connectivity index (χ0v) is 10.8. The minimum Gasteiger partial charge on any atom is -0.317 e. The van der Waals surface area contributed by atoms with Crippen molar-refractivity contribution < 1.29 is 8.42 Å². The van der Waals surface area contributed by atoms with E-state index in [9.17, 15) is 8.42 Å². The summed E-state index contributed by atoms with van der Waals surface area (Å²) in [5.74, 6) is 0.419. The first-order valence-corrected chi connectivity index (χ1v) is 7.14. The van der Waals surface area contributed by atoms with Gasteiger partial charge in [-0.2, -0.15) is 5.21 Å². The summed E-state index contributed by atoms with van der Waals surface area (Å²) in [4.78, 5) is 0. The van der Waals surface area contributed by atoms with Gasteiger partial charge in [0.2, 0.25) is 10.0 Å². The summed E-state index contributed by atoms with van der Waals surface area (Å²) in [6, 6.07) is -0.474. The third-order valence-electron chi connectivity index (χ3n) is 2.12. The van der Waals surface area contributed by atoms with Crippen molar-refractivity contribution in [2.45, 2.75) is 26.3 Å². The van der Waals surface area contributed by atoms with Gasteiger partial charge >= 0.3 is 0 Å². The molecule has 1 aromatic heterocycles. The molecule has 0 fully saturated rings. The van der Waals surface area contributed by atoms with Crippen molar-refractivity contribution >= 4 is 10.0 Å². The molecule has 3 N–H and O–H groups in total. The molecule has 0 aromatic carbocycles. The molecule has 0 saturated carbocycles. The molecule has 1 atom stereocenters. The van der Waals surface area contributed by atoms with E-state index in [0.29, 0.717) is 18.8 Å². The SMILES string of the molecule is CCNCCCS(=O)(=O)NC(C)c1nn[nH]n1. The first-order valence-electron chi connectivity index (χ1n) is 5.49. The number of aromatic amines is 1. The molecule has 0 amide bonds. The summed E-state index contributed by atoms with van der Waals surface area (Å²) in [6.45, 7) is 5.18. The van der Waals surface area contributed by atoms with E-state index in [2.05, 4.69) is 30.7 Å². The number of hydrogen-bond acceptors (Lipinski definition) is 6. The lowest BCUT2D eigenvalue weighted by molar-refractivity contribution is 0.555. The second-order valence-electron chi connectivity index (χ2n) is 3.64. The second-order valence-corrected chi connectivity index (χ2v) is 5.51. The van der Waals surface area contributed by atoms with E-state index in [1.807, 2.05) is 6.92 Å². The standard InChI is InChI=1S/C8H18N6O2S/c1-3-9-5-4-6-17(15,16)12-7(2)8-10-13-14-11-8/h7,9,12H,3-6H2,1-2H3,(H,10,11,13,14). The molecule has 0 aliphatic rings. The molecule has 0 spiro atoms. The van der Waals surface area contributed by atoms with Gasteiger partial charge in [0, 0.05) is 0 Å². The summed E-state index contributed by atoms with van der Waals surface area (Å²) >= 11 is 0. The Labute approximate surface area is 101 Å². The summed E-state index contributed by atoms with van der Waals surface area (Å²) in [5, 5.41) is 16.2. The van der Waals surface area contributed by atoms with Gasteiger partial charge in [-0.15, -0.1) is 10.2 Å². The Balaban J connectivity index is 2.38. The Kier molecular flexibility index (Phi) is 5.45. The van der Waals surface area contributed by atoms with Gasteiger partial charge in [0.25, 0.3) is 0 Å². The average Bonchev–Trinajstić information content (AvgIpc) is 2.77. The minimum absolute atomic E-state index is 0.0855. The van der Waals surface area contributed by atoms with Crippen molar-refractivity contribution in [3.63, 3.8) is 0 Å². The molecule has 0 aliphatic carbocycles. The van der Waals surface area contributed by atoms with Crippen LogP contribution in [0.1, 0.15) is 32.1 Å². The molecule has 0 aliphatic heterocycles. The van der Waals surface area contributed by atoms with Crippen LogP contribution in [0, 0.1) is 0 Å². The number of rotatable bonds is 8. The molecule has 0 bridgehead atoms. The van der Waals surface area contributed by atoms with Crippen molar-refractivity contribution in [1.29, 1.82) is 0 Å². The molecule has 8 nitrogen and oxygen atoms in total. The lowest BCUT2D eigenvalue weighted by Crippen LogP contribution is -2.31. The fourth-order valence-corrected chi connectivity index (χ4v) is 2.58. The van der Waals surface area contributed by atoms with Crippen molar-refractivity contribution in [3.8, 4) is 0 Å². The Bertz CT molecular complexity index is 404. The smallest absolute Gasteiger partial charge is 0.212 e. The number of nitrogens with one attached hydrogen (secondary N) is 3. The lowest BCUT2D eigenvalue weighted by Gasteiger charge is -2.10. The average molecular weight is 262 g/mol. The monoisotopic (exact) mass is 262 g/mol. The van der Waals surface area contributed by atoms with Crippen LogP contribution in [0.2, 0.25) is 0 Å². The maximum atomic E-state index is 11.7. The highest BCUT2D eigenvalue weighted by Crippen LogP contribution is 2.05. The van der Waals surface area contributed by atoms with E-state index in [4.69, 9.17) is 0 Å². The summed E-state index contributed by atoms with van der Waals surface area (Å²) in [5.41, 5.74) is 0. The number of tetrazole rings is 1. The molecule has 9 heteroatoms. The van der Waals surface area contributed by atoms with Crippen LogP contribution in [0.15, 0.2) is 0 Å². The Hall–Kier alpha value is -1.06. The maximum absolute atomic E-state index is 11.7. The third kappa shape index (κ3) is 5.20. The molecule has 0 radical (unpaired) electrons. The van der Waals surface area contributed by atoms with Crippen LogP contribution in [-0.2, 0) is 10.0 Å². The molecular formula is C8H18N6O2S. The lowest BCUT2D eigenvalue weighted by atomic mass is 10.4. The van der Waals surface area contributed by atoms with Gasteiger partial charge < -0.3 is 5.32 Å². The molecule has 98 valence electrons. The molecular weight excluding hydrogens is 244 g/mol. The first-order chi connectivity index (χ1) is 8.05. The number of sulfonamides is 1. The van der Waals surface area contributed by atoms with Crippen LogP contribution in [0.25, 0.3) is 0 Å². The van der Waals surface area contributed by atoms with Gasteiger partial charge in [0.1, 0.15) is 0 Å². The summed E-state index contributed by atoms with van der Waals surface area (Å²) in [6.07, 6.45) is 0.572. The summed E-state index contributed by atoms with van der Waals surface area (Å²) < 4.78 is 25.8. The van der Waals surface area contributed by atoms with Crippen LogP contribution in [-0.4, -0.2) is 47.9 Å². The number of hydrogen-bond donors (Lipinski definition) is 3. The highest BCUT2D eigenvalue weighted by molar-refractivity contribution is 7.89. The zero-order valence-electron chi connectivity index (χ0n) is 9.97. The van der Waals surface area contributed by atoms with Crippen molar-refractivity contribution in [3.05, 3.63) is 5.82 Å². The predicted octanol–water partition coefficient (Wildman–Crippen LogP) is -0.820. The van der Waals surface area contributed by atoms with Crippen LogP contribution >= 0.6 is 0 Å². The molecule has 1 rings (SSSR count). The zero-order chi connectivity index (χ0) is 12.7. The highest BCUT2D eigenvalue weighted by atomic mass is 32.2. The van der Waals surface area contributed by atoms with Crippen LogP contribution in [0.3, 0.4) is 0 Å². The van der Waals surface area contributed by atoms with E-state index in [-0.39, 0.29) is 5.75 Å². The molecule has 0 saturated heterocycles. The highest BCUT2D eigenvalue weighted by Gasteiger charge is 2.18. The molecule has 1 unspecified atom stereocenters. The van der Waals surface area contributed by atoms with Gasteiger partial charge in [0.15, 0.2) is 5.82 Å². The number of aromatic nitrogens is 4. The quantitative estimate of drug-likeness (QED) is 0.528. The van der Waals surface area contributed by atoms with Crippen molar-refractivity contribution in [2.24, 2.45) is 0 Å². The number of nitrogens with zero attached hydrogens (tertiary/aromatic N) is 3. The van der Waals surface area contributed by atoms with Crippen LogP contribution < -0.4 is 10.0 Å².